The van der Waals surface area contributed by atoms with E-state index in [9.17, 15) is 13.6 Å². The van der Waals surface area contributed by atoms with E-state index >= 15 is 0 Å². The molecule has 0 unspecified atom stereocenters. The zero-order valence-electron chi connectivity index (χ0n) is 10.7. The Morgan fingerprint density at radius 1 is 1.32 bits per heavy atom. The number of carbonyl (C=O) groups excluding carboxylic acids is 1. The van der Waals surface area contributed by atoms with Crippen molar-refractivity contribution in [2.75, 3.05) is 19.0 Å². The van der Waals surface area contributed by atoms with E-state index in [0.29, 0.717) is 5.75 Å². The maximum Gasteiger partial charge on any atom is 0.324 e. The number of methoxy groups -OCH3 is 1. The highest BCUT2D eigenvalue weighted by molar-refractivity contribution is 5.96. The van der Waals surface area contributed by atoms with Gasteiger partial charge in [0.05, 0.1) is 7.11 Å². The Hall–Kier alpha value is -1.69. The van der Waals surface area contributed by atoms with Gasteiger partial charge in [0, 0.05) is 18.7 Å². The molecule has 106 valence electrons. The number of nitrogens with one attached hydrogen (secondary N) is 1. The van der Waals surface area contributed by atoms with Crippen LogP contribution in [0.25, 0.3) is 0 Å². The second-order valence-electron chi connectivity index (χ2n) is 4.07. The number of anilines is 1. The molecule has 0 saturated heterocycles. The molecule has 0 aromatic heterocycles. The van der Waals surface area contributed by atoms with E-state index in [-0.39, 0.29) is 25.1 Å². The number of amides is 1. The summed E-state index contributed by atoms with van der Waals surface area (Å²) in [7, 11) is 1.49. The van der Waals surface area contributed by atoms with Gasteiger partial charge in [-0.2, -0.15) is 8.78 Å². The van der Waals surface area contributed by atoms with Gasteiger partial charge in [0.2, 0.25) is 0 Å². The summed E-state index contributed by atoms with van der Waals surface area (Å²) in [5, 5.41) is 10.7. The number of hydrogen-bond donors (Lipinski definition) is 2. The lowest BCUT2D eigenvalue weighted by Crippen LogP contribution is -2.34. The third-order valence-electron chi connectivity index (χ3n) is 2.58. The highest BCUT2D eigenvalue weighted by Crippen LogP contribution is 2.24. The Labute approximate surface area is 110 Å². The molecule has 19 heavy (non-hydrogen) atoms. The number of ether oxygens (including phenoxy) is 1. The van der Waals surface area contributed by atoms with E-state index in [4.69, 9.17) is 9.84 Å². The lowest BCUT2D eigenvalue weighted by Gasteiger charge is -2.15. The van der Waals surface area contributed by atoms with E-state index in [1.54, 1.807) is 12.1 Å². The van der Waals surface area contributed by atoms with Gasteiger partial charge in [0.25, 0.3) is 5.91 Å². The summed E-state index contributed by atoms with van der Waals surface area (Å²) in [6, 6.07) is 6.11. The predicted octanol–water partition coefficient (Wildman–Crippen LogP) is 2.43. The van der Waals surface area contributed by atoms with Crippen molar-refractivity contribution < 1.29 is 23.4 Å². The number of carbonyl (C=O) groups is 1. The fourth-order valence-electron chi connectivity index (χ4n) is 1.47. The Morgan fingerprint density at radius 3 is 2.47 bits per heavy atom. The molecule has 0 atom stereocenters. The molecule has 1 aromatic carbocycles. The van der Waals surface area contributed by atoms with Crippen molar-refractivity contribution >= 4 is 11.6 Å². The maximum atomic E-state index is 13.5. The number of halogens is 2. The van der Waals surface area contributed by atoms with Gasteiger partial charge >= 0.3 is 5.92 Å². The minimum absolute atomic E-state index is 0.0968. The van der Waals surface area contributed by atoms with Crippen LogP contribution in [-0.4, -0.2) is 30.7 Å². The number of unbranched alkanes of at least 4 members (excludes halogenated alkanes) is 1. The Balaban J connectivity index is 2.56. The Bertz CT molecular complexity index is 407. The molecule has 0 bridgehead atoms. The molecule has 0 radical (unpaired) electrons. The first-order valence-corrected chi connectivity index (χ1v) is 5.94. The second kappa shape index (κ2) is 7.04. The smallest absolute Gasteiger partial charge is 0.324 e. The average Bonchev–Trinajstić information content (AvgIpc) is 2.39. The fourth-order valence-corrected chi connectivity index (χ4v) is 1.47. The molecule has 1 aromatic rings. The summed E-state index contributed by atoms with van der Waals surface area (Å²) in [6.45, 7) is -0.157. The highest BCUT2D eigenvalue weighted by atomic mass is 19.3. The third kappa shape index (κ3) is 4.82. The van der Waals surface area contributed by atoms with Gasteiger partial charge < -0.3 is 15.2 Å². The summed E-state index contributed by atoms with van der Waals surface area (Å²) in [6.07, 6.45) is -0.222. The SMILES string of the molecule is COc1ccc(NC(=O)C(F)(F)CCCCO)cc1. The first-order valence-electron chi connectivity index (χ1n) is 5.94. The van der Waals surface area contributed by atoms with Crippen molar-refractivity contribution in [1.29, 1.82) is 0 Å². The molecule has 1 amide bonds. The number of aliphatic hydroxyl groups is 1. The van der Waals surface area contributed by atoms with Crippen molar-refractivity contribution in [1.82, 2.24) is 0 Å². The van der Waals surface area contributed by atoms with Crippen molar-refractivity contribution in [2.45, 2.75) is 25.2 Å². The maximum absolute atomic E-state index is 13.5. The van der Waals surface area contributed by atoms with Gasteiger partial charge in [-0.15, -0.1) is 0 Å². The normalized spacial score (nSPS) is 11.2. The lowest BCUT2D eigenvalue weighted by molar-refractivity contribution is -0.140. The molecule has 6 heteroatoms. The molecule has 0 saturated carbocycles. The molecule has 0 spiro atoms. The number of hydrogen-bond acceptors (Lipinski definition) is 3. The van der Waals surface area contributed by atoms with Crippen LogP contribution in [-0.2, 0) is 4.79 Å². The van der Waals surface area contributed by atoms with Crippen LogP contribution in [0.3, 0.4) is 0 Å². The quantitative estimate of drug-likeness (QED) is 0.750. The van der Waals surface area contributed by atoms with Gasteiger partial charge in [0.15, 0.2) is 0 Å². The van der Waals surface area contributed by atoms with Crippen LogP contribution < -0.4 is 10.1 Å². The molecular weight excluding hydrogens is 256 g/mol. The van der Waals surface area contributed by atoms with Crippen LogP contribution >= 0.6 is 0 Å². The van der Waals surface area contributed by atoms with Crippen LogP contribution in [0.5, 0.6) is 5.75 Å². The van der Waals surface area contributed by atoms with E-state index in [1.807, 2.05) is 0 Å². The van der Waals surface area contributed by atoms with Crippen LogP contribution in [0, 0.1) is 0 Å². The van der Waals surface area contributed by atoms with E-state index < -0.39 is 18.3 Å². The summed E-state index contributed by atoms with van der Waals surface area (Å²) >= 11 is 0. The van der Waals surface area contributed by atoms with Crippen LogP contribution in [0.1, 0.15) is 19.3 Å². The number of aliphatic hydroxyl groups excluding tert-OH is 1. The summed E-state index contributed by atoms with van der Waals surface area (Å²) < 4.78 is 31.8. The molecular formula is C13H17F2NO3. The van der Waals surface area contributed by atoms with E-state index in [1.165, 1.54) is 19.2 Å². The van der Waals surface area contributed by atoms with Gasteiger partial charge in [0.1, 0.15) is 5.75 Å². The molecule has 0 aliphatic rings. The van der Waals surface area contributed by atoms with Crippen LogP contribution in [0.4, 0.5) is 14.5 Å². The van der Waals surface area contributed by atoms with Crippen molar-refractivity contribution in [2.24, 2.45) is 0 Å². The highest BCUT2D eigenvalue weighted by Gasteiger charge is 2.37. The monoisotopic (exact) mass is 273 g/mol. The summed E-state index contributed by atoms with van der Waals surface area (Å²) in [4.78, 5) is 11.4. The Kier molecular flexibility index (Phi) is 5.69. The number of alkyl halides is 2. The molecule has 4 nitrogen and oxygen atoms in total. The van der Waals surface area contributed by atoms with Gasteiger partial charge in [-0.05, 0) is 37.1 Å². The first kappa shape index (κ1) is 15.4. The van der Waals surface area contributed by atoms with Crippen LogP contribution in [0.15, 0.2) is 24.3 Å². The molecule has 0 fully saturated rings. The minimum Gasteiger partial charge on any atom is -0.497 e. The zero-order valence-corrected chi connectivity index (χ0v) is 10.7. The molecule has 1 rings (SSSR count). The largest absolute Gasteiger partial charge is 0.497 e. The van der Waals surface area contributed by atoms with Crippen molar-refractivity contribution in [3.63, 3.8) is 0 Å². The number of benzene rings is 1. The van der Waals surface area contributed by atoms with Crippen LogP contribution in [0.2, 0.25) is 0 Å². The standard InChI is InChI=1S/C13H17F2NO3/c1-19-11-6-4-10(5-7-11)16-12(18)13(14,15)8-2-3-9-17/h4-7,17H,2-3,8-9H2,1H3,(H,16,18). The fraction of sp³-hybridized carbons (Fsp3) is 0.462. The van der Waals surface area contributed by atoms with Gasteiger partial charge in [-0.1, -0.05) is 0 Å². The molecule has 0 aliphatic heterocycles. The topological polar surface area (TPSA) is 58.6 Å². The number of rotatable bonds is 7. The van der Waals surface area contributed by atoms with E-state index in [0.717, 1.165) is 0 Å². The van der Waals surface area contributed by atoms with Gasteiger partial charge in [-0.25, -0.2) is 0 Å². The average molecular weight is 273 g/mol. The van der Waals surface area contributed by atoms with Crippen molar-refractivity contribution in [3.8, 4) is 5.75 Å². The van der Waals surface area contributed by atoms with E-state index in [2.05, 4.69) is 5.32 Å². The molecule has 0 heterocycles. The Morgan fingerprint density at radius 2 is 1.95 bits per heavy atom. The lowest BCUT2D eigenvalue weighted by atomic mass is 10.1. The first-order chi connectivity index (χ1) is 8.99. The summed E-state index contributed by atoms with van der Waals surface area (Å²) in [5.41, 5.74) is 0.285. The minimum atomic E-state index is -3.44. The predicted molar refractivity (Wildman–Crippen MR) is 67.5 cm³/mol. The third-order valence-corrected chi connectivity index (χ3v) is 2.58. The van der Waals surface area contributed by atoms with Gasteiger partial charge in [-0.3, -0.25) is 4.79 Å². The zero-order chi connectivity index (χ0) is 14.3. The molecule has 0 aliphatic carbocycles. The van der Waals surface area contributed by atoms with Crippen molar-refractivity contribution in [3.05, 3.63) is 24.3 Å². The second-order valence-corrected chi connectivity index (χ2v) is 4.07. The molecule has 2 N–H and O–H groups in total. The summed E-state index contributed by atoms with van der Waals surface area (Å²) in [5.74, 6) is -4.20.